The molecule has 2 aromatic heterocycles. The van der Waals surface area contributed by atoms with E-state index >= 15 is 8.78 Å². The van der Waals surface area contributed by atoms with Crippen LogP contribution in [0.5, 0.6) is 17.5 Å². The minimum Gasteiger partial charge on any atom is -0.508 e. The number of nitrogens with zero attached hydrogens (tertiary/aromatic N) is 4. The highest BCUT2D eigenvalue weighted by Gasteiger charge is 2.49. The van der Waals surface area contributed by atoms with E-state index in [1.807, 2.05) is 6.92 Å². The van der Waals surface area contributed by atoms with Gasteiger partial charge >= 0.3 is 0 Å². The molecule has 4 aliphatic rings. The van der Waals surface area contributed by atoms with Crippen molar-refractivity contribution < 1.29 is 32.9 Å². The third-order valence-corrected chi connectivity index (χ3v) is 10.8. The van der Waals surface area contributed by atoms with Gasteiger partial charge in [-0.3, -0.25) is 4.90 Å². The van der Waals surface area contributed by atoms with Gasteiger partial charge in [-0.2, -0.15) is 0 Å². The number of rotatable bonds is 6. The van der Waals surface area contributed by atoms with Gasteiger partial charge in [-0.25, -0.2) is 23.1 Å². The summed E-state index contributed by atoms with van der Waals surface area (Å²) in [5.41, 5.74) is 0.673. The van der Waals surface area contributed by atoms with Crippen LogP contribution >= 0.6 is 0 Å². The summed E-state index contributed by atoms with van der Waals surface area (Å²) in [7, 11) is 0. The molecule has 0 bridgehead atoms. The first kappa shape index (κ1) is 30.5. The fourth-order valence-electron chi connectivity index (χ4n) is 8.69. The molecule has 0 spiro atoms. The second-order valence-electron chi connectivity index (χ2n) is 13.6. The molecule has 47 heavy (non-hydrogen) atoms. The molecule has 0 unspecified atom stereocenters. The number of halogens is 3. The third-order valence-electron chi connectivity index (χ3n) is 10.8. The van der Waals surface area contributed by atoms with E-state index in [1.165, 1.54) is 18.2 Å². The molecule has 2 N–H and O–H groups in total. The average Bonchev–Trinajstić information content (AvgIpc) is 3.43. The second-order valence-corrected chi connectivity index (χ2v) is 13.6. The summed E-state index contributed by atoms with van der Waals surface area (Å²) < 4.78 is 59.6. The van der Waals surface area contributed by atoms with Crippen LogP contribution in [-0.2, 0) is 6.42 Å². The topological polar surface area (TPSA) is 91.2 Å². The molecule has 3 fully saturated rings. The number of aromatic nitrogens is 2. The minimum atomic E-state index is -0.919. The Kier molecular flexibility index (Phi) is 7.59. The predicted octanol–water partition coefficient (Wildman–Crippen LogP) is 6.45. The Morgan fingerprint density at radius 1 is 1.09 bits per heavy atom. The number of hydrogen-bond acceptors (Lipinski definition) is 8. The molecule has 4 aromatic rings. The van der Waals surface area contributed by atoms with Crippen molar-refractivity contribution in [3.05, 3.63) is 47.5 Å². The number of benzene rings is 2. The maximum absolute atomic E-state index is 17.1. The van der Waals surface area contributed by atoms with Crippen LogP contribution in [0.4, 0.5) is 18.9 Å². The fraction of sp³-hybridized carbons (Fsp3) is 0.500. The molecule has 6 heterocycles. The molecule has 3 saturated heterocycles. The first-order chi connectivity index (χ1) is 22.8. The summed E-state index contributed by atoms with van der Waals surface area (Å²) >= 11 is 0. The Labute approximate surface area is 271 Å². The Morgan fingerprint density at radius 3 is 2.77 bits per heavy atom. The van der Waals surface area contributed by atoms with Crippen molar-refractivity contribution in [2.24, 2.45) is 0 Å². The largest absolute Gasteiger partial charge is 0.508 e. The van der Waals surface area contributed by atoms with Crippen molar-refractivity contribution >= 4 is 27.4 Å². The highest BCUT2D eigenvalue weighted by Crippen LogP contribution is 2.47. The van der Waals surface area contributed by atoms with Crippen molar-refractivity contribution in [2.45, 2.75) is 82.1 Å². The van der Waals surface area contributed by atoms with E-state index < -0.39 is 23.3 Å². The first-order valence-corrected chi connectivity index (χ1v) is 16.8. The molecule has 0 radical (unpaired) electrons. The number of aliphatic hydroxyl groups is 1. The van der Waals surface area contributed by atoms with Gasteiger partial charge in [-0.05, 0) is 73.2 Å². The van der Waals surface area contributed by atoms with Crippen LogP contribution in [0.15, 0.2) is 30.3 Å². The zero-order valence-electron chi connectivity index (χ0n) is 26.4. The van der Waals surface area contributed by atoms with E-state index in [1.54, 1.807) is 12.1 Å². The van der Waals surface area contributed by atoms with Gasteiger partial charge in [-0.15, -0.1) is 0 Å². The van der Waals surface area contributed by atoms with Crippen LogP contribution in [0.2, 0.25) is 0 Å². The van der Waals surface area contributed by atoms with Gasteiger partial charge in [0.2, 0.25) is 11.8 Å². The number of phenolic OH excluding ortho intramolecular Hbond substituents is 1. The number of pyridine rings is 2. The van der Waals surface area contributed by atoms with Gasteiger partial charge in [0.1, 0.15) is 42.2 Å². The molecule has 11 heteroatoms. The van der Waals surface area contributed by atoms with Gasteiger partial charge in [0, 0.05) is 24.6 Å². The second kappa shape index (κ2) is 11.7. The molecule has 0 aliphatic carbocycles. The summed E-state index contributed by atoms with van der Waals surface area (Å²) in [6, 6.07) is 7.29. The number of alkyl halides is 1. The number of hydrogen-bond donors (Lipinski definition) is 2. The Hall–Kier alpha value is -3.83. The van der Waals surface area contributed by atoms with Crippen molar-refractivity contribution in [1.82, 2.24) is 14.9 Å². The minimum absolute atomic E-state index is 0.0272. The smallest absolute Gasteiger partial charge is 0.225 e. The number of ether oxygens (including phenoxy) is 2. The Morgan fingerprint density at radius 2 is 1.94 bits per heavy atom. The van der Waals surface area contributed by atoms with Crippen LogP contribution in [0.3, 0.4) is 0 Å². The van der Waals surface area contributed by atoms with Crippen LogP contribution in [0.25, 0.3) is 32.9 Å². The summed E-state index contributed by atoms with van der Waals surface area (Å²) in [5.74, 6) is -0.915. The van der Waals surface area contributed by atoms with E-state index in [-0.39, 0.29) is 66.2 Å². The highest BCUT2D eigenvalue weighted by molar-refractivity contribution is 6.04. The van der Waals surface area contributed by atoms with Crippen molar-refractivity contribution in [3.63, 3.8) is 0 Å². The summed E-state index contributed by atoms with van der Waals surface area (Å²) in [4.78, 5) is 13.7. The van der Waals surface area contributed by atoms with Gasteiger partial charge < -0.3 is 24.6 Å². The average molecular weight is 649 g/mol. The molecule has 4 aliphatic heterocycles. The maximum Gasteiger partial charge on any atom is 0.225 e. The molecular weight excluding hydrogens is 609 g/mol. The Bertz CT molecular complexity index is 1870. The molecule has 4 atom stereocenters. The quantitative estimate of drug-likeness (QED) is 0.247. The zero-order valence-corrected chi connectivity index (χ0v) is 26.4. The van der Waals surface area contributed by atoms with Gasteiger partial charge in [-0.1, -0.05) is 25.8 Å². The molecule has 0 saturated carbocycles. The van der Waals surface area contributed by atoms with Crippen molar-refractivity contribution in [1.29, 1.82) is 0 Å². The number of anilines is 1. The van der Waals surface area contributed by atoms with Gasteiger partial charge in [0.15, 0.2) is 5.82 Å². The van der Waals surface area contributed by atoms with Crippen LogP contribution in [-0.4, -0.2) is 81.8 Å². The molecular formula is C36H39F3N4O4. The molecule has 8 nitrogen and oxygen atoms in total. The van der Waals surface area contributed by atoms with E-state index in [0.717, 1.165) is 45.1 Å². The van der Waals surface area contributed by atoms with E-state index in [9.17, 15) is 14.6 Å². The van der Waals surface area contributed by atoms with Crippen LogP contribution < -0.4 is 14.4 Å². The lowest BCUT2D eigenvalue weighted by molar-refractivity contribution is 0.111. The van der Waals surface area contributed by atoms with Crippen molar-refractivity contribution in [3.8, 4) is 28.8 Å². The number of phenols is 1. The molecule has 248 valence electrons. The summed E-state index contributed by atoms with van der Waals surface area (Å²) in [6.45, 7) is 3.42. The predicted molar refractivity (Wildman–Crippen MR) is 173 cm³/mol. The monoisotopic (exact) mass is 648 g/mol. The molecule has 2 aromatic carbocycles. The van der Waals surface area contributed by atoms with Crippen LogP contribution in [0.1, 0.15) is 57.4 Å². The van der Waals surface area contributed by atoms with Gasteiger partial charge in [0.05, 0.1) is 35.3 Å². The summed E-state index contributed by atoms with van der Waals surface area (Å²) in [6.07, 6.45) is 5.05. The number of aryl methyl sites for hydroxylation is 1. The normalized spacial score (nSPS) is 25.8. The van der Waals surface area contributed by atoms with E-state index in [0.29, 0.717) is 46.8 Å². The SMILES string of the molecule is CCc1c(F)ccc2cc(O)cc(-c3nc4c5c(cc(OC[C@@]67CCCN6C[C@H](F)C7)nc5c3F)N3[C@@H](CO)CCCC[C@H]3CO4)c12. The fourth-order valence-corrected chi connectivity index (χ4v) is 8.69. The van der Waals surface area contributed by atoms with E-state index in [4.69, 9.17) is 19.4 Å². The zero-order chi connectivity index (χ0) is 32.4. The first-order valence-electron chi connectivity index (χ1n) is 16.8. The Balaban J connectivity index is 1.35. The summed E-state index contributed by atoms with van der Waals surface area (Å²) in [5, 5.41) is 22.6. The standard InChI is InChI=1S/C36H39F3N4O4/c1-2-25-27(38)9-8-20-12-24(45)13-26(30(20)25)33-32(39)34-31-28(43-22(17-44)6-3-4-7-23(43)18-46-35(31)41-33)14-29(40-34)47-19-36-10-5-11-42(36)16-21(37)15-36/h8-9,12-14,21-23,44-45H,2-7,10-11,15-19H2,1H3/t21-,22-,23+,36+/m1/s1. The lowest BCUT2D eigenvalue weighted by Gasteiger charge is -2.36. The number of aromatic hydroxyl groups is 1. The maximum atomic E-state index is 17.1. The molecule has 0 amide bonds. The highest BCUT2D eigenvalue weighted by atomic mass is 19.1. The number of fused-ring (bicyclic) bond motifs is 4. The lowest BCUT2D eigenvalue weighted by atomic mass is 9.94. The number of aliphatic hydroxyl groups excluding tert-OH is 1. The van der Waals surface area contributed by atoms with Gasteiger partial charge in [0.25, 0.3) is 0 Å². The van der Waals surface area contributed by atoms with E-state index in [2.05, 4.69) is 9.80 Å². The third kappa shape index (κ3) is 4.96. The molecule has 8 rings (SSSR count). The lowest BCUT2D eigenvalue weighted by Crippen LogP contribution is -2.46. The van der Waals surface area contributed by atoms with Crippen LogP contribution in [0, 0.1) is 11.6 Å². The van der Waals surface area contributed by atoms with Crippen molar-refractivity contribution in [2.75, 3.05) is 37.8 Å².